The molecule has 2 atom stereocenters. The molecule has 24 heavy (non-hydrogen) atoms. The van der Waals surface area contributed by atoms with Crippen LogP contribution < -0.4 is 10.6 Å². The Hall–Kier alpha value is -1.84. The van der Waals surface area contributed by atoms with Gasteiger partial charge in [0.2, 0.25) is 0 Å². The van der Waals surface area contributed by atoms with Gasteiger partial charge in [0.05, 0.1) is 6.04 Å². The Morgan fingerprint density at radius 1 is 1.08 bits per heavy atom. The third-order valence-corrected chi connectivity index (χ3v) is 4.53. The number of carbonyl (C=O) groups excluding carboxylic acids is 1. The molecule has 3 nitrogen and oxygen atoms in total. The van der Waals surface area contributed by atoms with Crippen LogP contribution >= 0.6 is 11.6 Å². The molecule has 0 aliphatic heterocycles. The van der Waals surface area contributed by atoms with Gasteiger partial charge in [-0.05, 0) is 38.0 Å². The molecule has 0 aliphatic rings. The number of amides is 1. The molecule has 0 bridgehead atoms. The number of hydrogen-bond acceptors (Lipinski definition) is 1. The molecule has 4 heteroatoms. The molecule has 2 rings (SSSR count). The van der Waals surface area contributed by atoms with Crippen LogP contribution in [0.4, 0.5) is 0 Å². The third kappa shape index (κ3) is 5.36. The second kappa shape index (κ2) is 8.86. The highest BCUT2D eigenvalue weighted by atomic mass is 35.5. The lowest BCUT2D eigenvalue weighted by molar-refractivity contribution is -0.682. The van der Waals surface area contributed by atoms with E-state index < -0.39 is 0 Å². The van der Waals surface area contributed by atoms with Crippen LogP contribution in [0.2, 0.25) is 5.02 Å². The van der Waals surface area contributed by atoms with Gasteiger partial charge in [0.1, 0.15) is 6.04 Å². The Bertz CT molecular complexity index is 652. The first-order valence-corrected chi connectivity index (χ1v) is 8.82. The maximum Gasteiger partial charge on any atom is 0.275 e. The van der Waals surface area contributed by atoms with Crippen LogP contribution in [0.15, 0.2) is 48.5 Å². The van der Waals surface area contributed by atoms with E-state index in [1.54, 1.807) is 0 Å². The minimum atomic E-state index is 0.0586. The fourth-order valence-electron chi connectivity index (χ4n) is 2.66. The minimum Gasteiger partial charge on any atom is -0.344 e. The summed E-state index contributed by atoms with van der Waals surface area (Å²) in [5.41, 5.74) is 3.55. The highest BCUT2D eigenvalue weighted by molar-refractivity contribution is 6.30. The van der Waals surface area contributed by atoms with Crippen molar-refractivity contribution in [2.45, 2.75) is 39.3 Å². The summed E-state index contributed by atoms with van der Waals surface area (Å²) >= 11 is 5.91. The van der Waals surface area contributed by atoms with Crippen molar-refractivity contribution in [3.63, 3.8) is 0 Å². The largest absolute Gasteiger partial charge is 0.344 e. The van der Waals surface area contributed by atoms with Crippen molar-refractivity contribution >= 4 is 17.5 Å². The summed E-state index contributed by atoms with van der Waals surface area (Å²) in [6.07, 6.45) is 0.877. The zero-order chi connectivity index (χ0) is 17.5. The topological polar surface area (TPSA) is 45.7 Å². The Kier molecular flexibility index (Phi) is 6.83. The number of benzene rings is 2. The molecule has 0 aromatic heterocycles. The maximum absolute atomic E-state index is 12.3. The van der Waals surface area contributed by atoms with Gasteiger partial charge in [0.25, 0.3) is 5.91 Å². The van der Waals surface area contributed by atoms with Crippen molar-refractivity contribution in [1.82, 2.24) is 5.32 Å². The van der Waals surface area contributed by atoms with E-state index in [1.807, 2.05) is 29.6 Å². The normalized spacial score (nSPS) is 13.3. The standard InChI is InChI=1S/C20H25ClN2O/c1-4-19(17-7-5-14(2)6-8-17)23-20(24)13-22-15(3)16-9-11-18(21)12-10-16/h5-12,15,19,22H,4,13H2,1-3H3,(H,23,24)/p+1/t15-,19+/m0/s1. The van der Waals surface area contributed by atoms with Gasteiger partial charge in [-0.2, -0.15) is 0 Å². The van der Waals surface area contributed by atoms with Crippen LogP contribution in [0.5, 0.6) is 0 Å². The molecule has 0 fully saturated rings. The monoisotopic (exact) mass is 345 g/mol. The van der Waals surface area contributed by atoms with E-state index in [4.69, 9.17) is 11.6 Å². The first kappa shape index (κ1) is 18.5. The van der Waals surface area contributed by atoms with Crippen molar-refractivity contribution in [2.75, 3.05) is 6.54 Å². The zero-order valence-electron chi connectivity index (χ0n) is 14.6. The average Bonchev–Trinajstić information content (AvgIpc) is 2.59. The summed E-state index contributed by atoms with van der Waals surface area (Å²) in [6.45, 7) is 6.65. The lowest BCUT2D eigenvalue weighted by atomic mass is 10.0. The number of hydrogen-bond donors (Lipinski definition) is 2. The molecule has 0 saturated heterocycles. The molecule has 0 saturated carbocycles. The van der Waals surface area contributed by atoms with Gasteiger partial charge >= 0.3 is 0 Å². The smallest absolute Gasteiger partial charge is 0.275 e. The molecular weight excluding hydrogens is 320 g/mol. The molecule has 3 N–H and O–H groups in total. The van der Waals surface area contributed by atoms with Gasteiger partial charge in [-0.25, -0.2) is 0 Å². The first-order chi connectivity index (χ1) is 11.5. The van der Waals surface area contributed by atoms with Gasteiger partial charge in [0.15, 0.2) is 6.54 Å². The molecule has 2 aromatic rings. The molecule has 2 aromatic carbocycles. The number of halogens is 1. The van der Waals surface area contributed by atoms with E-state index in [2.05, 4.69) is 50.4 Å². The van der Waals surface area contributed by atoms with E-state index in [9.17, 15) is 4.79 Å². The molecule has 1 amide bonds. The highest BCUT2D eigenvalue weighted by Crippen LogP contribution is 2.17. The second-order valence-corrected chi connectivity index (χ2v) is 6.66. The zero-order valence-corrected chi connectivity index (χ0v) is 15.3. The van der Waals surface area contributed by atoms with E-state index in [-0.39, 0.29) is 18.0 Å². The van der Waals surface area contributed by atoms with E-state index in [0.717, 1.165) is 22.6 Å². The van der Waals surface area contributed by atoms with Crippen LogP contribution in [0.25, 0.3) is 0 Å². The number of nitrogens with one attached hydrogen (secondary N) is 1. The minimum absolute atomic E-state index is 0.0586. The SMILES string of the molecule is CC[C@@H](NC(=O)C[NH2+][C@@H](C)c1ccc(Cl)cc1)c1ccc(C)cc1. The van der Waals surface area contributed by atoms with Crippen LogP contribution in [0.3, 0.4) is 0 Å². The Morgan fingerprint density at radius 3 is 2.25 bits per heavy atom. The summed E-state index contributed by atoms with van der Waals surface area (Å²) in [4.78, 5) is 12.3. The highest BCUT2D eigenvalue weighted by Gasteiger charge is 2.15. The lowest BCUT2D eigenvalue weighted by Gasteiger charge is -2.18. The van der Waals surface area contributed by atoms with Crippen molar-refractivity contribution < 1.29 is 10.1 Å². The molecule has 128 valence electrons. The van der Waals surface area contributed by atoms with Crippen molar-refractivity contribution in [3.8, 4) is 0 Å². The van der Waals surface area contributed by atoms with Gasteiger partial charge in [-0.15, -0.1) is 0 Å². The Balaban J connectivity index is 1.87. The van der Waals surface area contributed by atoms with Gasteiger partial charge in [0, 0.05) is 10.6 Å². The van der Waals surface area contributed by atoms with Crippen LogP contribution in [0.1, 0.15) is 49.0 Å². The van der Waals surface area contributed by atoms with Crippen molar-refractivity contribution in [3.05, 3.63) is 70.2 Å². The fraction of sp³-hybridized carbons (Fsp3) is 0.350. The summed E-state index contributed by atoms with van der Waals surface area (Å²) in [5.74, 6) is 0.0586. The van der Waals surface area contributed by atoms with Crippen molar-refractivity contribution in [1.29, 1.82) is 0 Å². The number of carbonyl (C=O) groups is 1. The van der Waals surface area contributed by atoms with Crippen LogP contribution in [-0.2, 0) is 4.79 Å². The number of quaternary nitrogens is 1. The molecule has 0 spiro atoms. The number of nitrogens with two attached hydrogens (primary N) is 1. The average molecular weight is 346 g/mol. The Morgan fingerprint density at radius 2 is 1.67 bits per heavy atom. The molecule has 0 unspecified atom stereocenters. The number of rotatable bonds is 7. The maximum atomic E-state index is 12.3. The summed E-state index contributed by atoms with van der Waals surface area (Å²) in [5, 5.41) is 5.90. The predicted molar refractivity (Wildman–Crippen MR) is 99.0 cm³/mol. The molecule has 0 radical (unpaired) electrons. The number of aryl methyl sites for hydroxylation is 1. The predicted octanol–water partition coefficient (Wildman–Crippen LogP) is 3.54. The quantitative estimate of drug-likeness (QED) is 0.792. The summed E-state index contributed by atoms with van der Waals surface area (Å²) in [6, 6.07) is 16.4. The Labute approximate surface area is 149 Å². The van der Waals surface area contributed by atoms with E-state index >= 15 is 0 Å². The van der Waals surface area contributed by atoms with Gasteiger partial charge < -0.3 is 10.6 Å². The molecule has 0 aliphatic carbocycles. The van der Waals surface area contributed by atoms with Gasteiger partial charge in [-0.3, -0.25) is 4.79 Å². The lowest BCUT2D eigenvalue weighted by Crippen LogP contribution is -2.87. The van der Waals surface area contributed by atoms with E-state index in [0.29, 0.717) is 6.54 Å². The van der Waals surface area contributed by atoms with E-state index in [1.165, 1.54) is 5.56 Å². The molecule has 0 heterocycles. The van der Waals surface area contributed by atoms with Crippen LogP contribution in [0, 0.1) is 6.92 Å². The third-order valence-electron chi connectivity index (χ3n) is 4.28. The van der Waals surface area contributed by atoms with Gasteiger partial charge in [-0.1, -0.05) is 60.5 Å². The van der Waals surface area contributed by atoms with Crippen LogP contribution in [-0.4, -0.2) is 12.5 Å². The first-order valence-electron chi connectivity index (χ1n) is 8.44. The van der Waals surface area contributed by atoms with Crippen molar-refractivity contribution in [2.24, 2.45) is 0 Å². The summed E-state index contributed by atoms with van der Waals surface area (Å²) < 4.78 is 0. The summed E-state index contributed by atoms with van der Waals surface area (Å²) in [7, 11) is 0. The fourth-order valence-corrected chi connectivity index (χ4v) is 2.79. The molecular formula is C20H26ClN2O+. The second-order valence-electron chi connectivity index (χ2n) is 6.22.